The molecule has 0 unspecified atom stereocenters. The lowest BCUT2D eigenvalue weighted by atomic mass is 10.1. The van der Waals surface area contributed by atoms with Gasteiger partial charge in [-0.15, -0.1) is 0 Å². The maximum absolute atomic E-state index is 12.3. The van der Waals surface area contributed by atoms with E-state index < -0.39 is 4.92 Å². The highest BCUT2D eigenvalue weighted by atomic mass is 16.6. The van der Waals surface area contributed by atoms with Crippen molar-refractivity contribution >= 4 is 17.4 Å². The van der Waals surface area contributed by atoms with E-state index in [9.17, 15) is 14.9 Å². The highest BCUT2D eigenvalue weighted by Gasteiger charge is 2.27. The molecule has 1 aliphatic heterocycles. The van der Waals surface area contributed by atoms with Crippen LogP contribution in [-0.2, 0) is 4.79 Å². The molecule has 1 aromatic heterocycles. The molecule has 0 radical (unpaired) electrons. The van der Waals surface area contributed by atoms with Gasteiger partial charge in [-0.1, -0.05) is 12.8 Å². The van der Waals surface area contributed by atoms with Crippen LogP contribution in [0.1, 0.15) is 25.7 Å². The summed E-state index contributed by atoms with van der Waals surface area (Å²) in [5, 5.41) is 10.6. The van der Waals surface area contributed by atoms with Crippen LogP contribution in [-0.4, -0.2) is 46.9 Å². The first kappa shape index (κ1) is 14.7. The van der Waals surface area contributed by atoms with Crippen LogP contribution in [0.2, 0.25) is 0 Å². The summed E-state index contributed by atoms with van der Waals surface area (Å²) in [4.78, 5) is 30.4. The van der Waals surface area contributed by atoms with Crippen LogP contribution in [0.5, 0.6) is 0 Å². The van der Waals surface area contributed by atoms with Crippen LogP contribution < -0.4 is 4.90 Å². The van der Waals surface area contributed by atoms with Gasteiger partial charge >= 0.3 is 0 Å². The van der Waals surface area contributed by atoms with Gasteiger partial charge in [0.15, 0.2) is 0 Å². The molecule has 2 heterocycles. The Bertz CT molecular complexity index is 554. The molecule has 22 heavy (non-hydrogen) atoms. The molecule has 7 heteroatoms. The molecule has 2 fully saturated rings. The molecule has 3 rings (SSSR count). The van der Waals surface area contributed by atoms with Gasteiger partial charge in [-0.3, -0.25) is 14.9 Å². The first-order chi connectivity index (χ1) is 10.6. The van der Waals surface area contributed by atoms with E-state index in [-0.39, 0.29) is 11.6 Å². The van der Waals surface area contributed by atoms with Gasteiger partial charge in [0.2, 0.25) is 5.91 Å². The highest BCUT2D eigenvalue weighted by Crippen LogP contribution is 2.26. The zero-order valence-corrected chi connectivity index (χ0v) is 12.5. The number of aromatic nitrogens is 1. The van der Waals surface area contributed by atoms with E-state index in [2.05, 4.69) is 4.98 Å². The van der Waals surface area contributed by atoms with Crippen LogP contribution in [0.15, 0.2) is 18.3 Å². The molecule has 0 aromatic carbocycles. The number of nitrogens with zero attached hydrogens (tertiary/aromatic N) is 4. The molecule has 1 saturated carbocycles. The van der Waals surface area contributed by atoms with Crippen molar-refractivity contribution in [2.45, 2.75) is 25.7 Å². The zero-order chi connectivity index (χ0) is 15.5. The summed E-state index contributed by atoms with van der Waals surface area (Å²) in [6, 6.07) is 3.04. The van der Waals surface area contributed by atoms with Crippen molar-refractivity contribution in [3.63, 3.8) is 0 Å². The predicted molar refractivity (Wildman–Crippen MR) is 81.6 cm³/mol. The molecule has 0 spiro atoms. The lowest BCUT2D eigenvalue weighted by Crippen LogP contribution is -2.51. The van der Waals surface area contributed by atoms with Crippen molar-refractivity contribution in [2.24, 2.45) is 5.92 Å². The first-order valence-electron chi connectivity index (χ1n) is 7.76. The molecule has 0 atom stereocenters. The van der Waals surface area contributed by atoms with Gasteiger partial charge in [0.25, 0.3) is 5.69 Å². The van der Waals surface area contributed by atoms with Crippen molar-refractivity contribution in [1.29, 1.82) is 0 Å². The fraction of sp³-hybridized carbons (Fsp3) is 0.600. The second-order valence-corrected chi connectivity index (χ2v) is 6.04. The highest BCUT2D eigenvalue weighted by molar-refractivity contribution is 5.82. The maximum atomic E-state index is 12.3. The number of carbonyl (C=O) groups is 1. The quantitative estimate of drug-likeness (QED) is 0.626. The topological polar surface area (TPSA) is 79.6 Å². The smallest absolute Gasteiger partial charge is 0.287 e. The Balaban J connectivity index is 1.59. The van der Waals surface area contributed by atoms with Crippen molar-refractivity contribution < 1.29 is 9.72 Å². The van der Waals surface area contributed by atoms with E-state index in [1.807, 2.05) is 9.80 Å². The van der Waals surface area contributed by atoms with Gasteiger partial charge in [0.1, 0.15) is 12.0 Å². The molecule has 1 saturated heterocycles. The van der Waals surface area contributed by atoms with Gasteiger partial charge in [-0.05, 0) is 24.8 Å². The third kappa shape index (κ3) is 3.18. The summed E-state index contributed by atoms with van der Waals surface area (Å²) in [6.07, 6.45) is 6.27. The Morgan fingerprint density at radius 2 is 2.05 bits per heavy atom. The Morgan fingerprint density at radius 1 is 1.27 bits per heavy atom. The molecule has 1 aromatic rings. The molecular weight excluding hydrogens is 284 g/mol. The fourth-order valence-electron chi connectivity index (χ4n) is 3.28. The van der Waals surface area contributed by atoms with Crippen molar-refractivity contribution in [1.82, 2.24) is 9.88 Å². The first-order valence-corrected chi connectivity index (χ1v) is 7.76. The molecule has 0 N–H and O–H groups in total. The van der Waals surface area contributed by atoms with E-state index >= 15 is 0 Å². The number of amides is 1. The van der Waals surface area contributed by atoms with E-state index in [0.29, 0.717) is 24.8 Å². The van der Waals surface area contributed by atoms with Gasteiger partial charge in [0, 0.05) is 25.7 Å². The second-order valence-electron chi connectivity index (χ2n) is 6.04. The minimum atomic E-state index is -0.471. The van der Waals surface area contributed by atoms with Crippen LogP contribution in [0, 0.1) is 16.0 Å². The lowest BCUT2D eigenvalue weighted by molar-refractivity contribution is -0.385. The number of anilines is 1. The Morgan fingerprint density at radius 3 is 2.64 bits per heavy atom. The molecule has 7 nitrogen and oxygen atoms in total. The van der Waals surface area contributed by atoms with Crippen molar-refractivity contribution in [3.8, 4) is 0 Å². The summed E-state index contributed by atoms with van der Waals surface area (Å²) in [6.45, 7) is 2.61. The number of hydrogen-bond acceptors (Lipinski definition) is 5. The minimum Gasteiger partial charge on any atom is -0.346 e. The summed E-state index contributed by atoms with van der Waals surface area (Å²) < 4.78 is 0. The van der Waals surface area contributed by atoms with Crippen molar-refractivity contribution in [3.05, 3.63) is 28.4 Å². The van der Waals surface area contributed by atoms with Crippen LogP contribution >= 0.6 is 0 Å². The number of rotatable bonds is 4. The Hall–Kier alpha value is -2.18. The van der Waals surface area contributed by atoms with Crippen molar-refractivity contribution in [2.75, 3.05) is 31.1 Å². The third-order valence-corrected chi connectivity index (χ3v) is 4.54. The van der Waals surface area contributed by atoms with Crippen LogP contribution in [0.25, 0.3) is 0 Å². The summed E-state index contributed by atoms with van der Waals surface area (Å²) >= 11 is 0. The monoisotopic (exact) mass is 304 g/mol. The molecule has 0 bridgehead atoms. The third-order valence-electron chi connectivity index (χ3n) is 4.54. The number of hydrogen-bond donors (Lipinski definition) is 0. The van der Waals surface area contributed by atoms with E-state index in [1.54, 1.807) is 6.07 Å². The van der Waals surface area contributed by atoms with Gasteiger partial charge in [-0.2, -0.15) is 0 Å². The predicted octanol–water partition coefficient (Wildman–Crippen LogP) is 1.83. The maximum Gasteiger partial charge on any atom is 0.287 e. The van der Waals surface area contributed by atoms with E-state index in [0.717, 1.165) is 13.1 Å². The minimum absolute atomic E-state index is 0.0325. The second kappa shape index (κ2) is 6.29. The van der Waals surface area contributed by atoms with E-state index in [1.165, 1.54) is 37.9 Å². The largest absolute Gasteiger partial charge is 0.346 e. The summed E-state index contributed by atoms with van der Waals surface area (Å²) in [5.41, 5.74) is -0.0325. The van der Waals surface area contributed by atoms with Crippen LogP contribution in [0.4, 0.5) is 11.5 Å². The number of piperazine rings is 1. The molecule has 118 valence electrons. The summed E-state index contributed by atoms with van der Waals surface area (Å²) in [5.74, 6) is 1.41. The Labute approximate surface area is 129 Å². The zero-order valence-electron chi connectivity index (χ0n) is 12.5. The average Bonchev–Trinajstić information content (AvgIpc) is 3.02. The molecule has 2 aliphatic rings. The van der Waals surface area contributed by atoms with Gasteiger partial charge in [0.05, 0.1) is 11.5 Å². The van der Waals surface area contributed by atoms with Gasteiger partial charge in [-0.25, -0.2) is 4.98 Å². The molecular formula is C15H20N4O3. The lowest BCUT2D eigenvalue weighted by Gasteiger charge is -2.36. The number of nitro groups is 1. The van der Waals surface area contributed by atoms with Crippen LogP contribution in [0.3, 0.4) is 0 Å². The fourth-order valence-corrected chi connectivity index (χ4v) is 3.28. The van der Waals surface area contributed by atoms with Gasteiger partial charge < -0.3 is 9.80 Å². The Kier molecular flexibility index (Phi) is 4.22. The molecule has 1 aliphatic carbocycles. The number of pyridine rings is 1. The SMILES string of the molecule is O=C1CN(c2ccc([N+](=O)[O-])cn2)CCN1CC1CCCC1. The average molecular weight is 304 g/mol. The standard InChI is InChI=1S/C15H20N4O3/c20-15-11-17(14-6-5-13(9-16-14)19(21)22)7-8-18(15)10-12-3-1-2-4-12/h5-6,9,12H,1-4,7-8,10-11H2. The summed E-state index contributed by atoms with van der Waals surface area (Å²) in [7, 11) is 0. The van der Waals surface area contributed by atoms with E-state index in [4.69, 9.17) is 0 Å². The number of carbonyl (C=O) groups excluding carboxylic acids is 1. The molecule has 1 amide bonds. The normalized spacial score (nSPS) is 19.7.